The van der Waals surface area contributed by atoms with Gasteiger partial charge < -0.3 is 5.11 Å². The van der Waals surface area contributed by atoms with Gasteiger partial charge in [0.25, 0.3) is 0 Å². The van der Waals surface area contributed by atoms with Crippen molar-refractivity contribution < 1.29 is 5.11 Å². The molecular weight excluding hydrogens is 215 g/mol. The van der Waals surface area contributed by atoms with E-state index in [0.29, 0.717) is 10.6 Å². The van der Waals surface area contributed by atoms with Crippen molar-refractivity contribution in [3.8, 4) is 0 Å². The van der Waals surface area contributed by atoms with Crippen LogP contribution in [0.2, 0.25) is 5.02 Å². The molecule has 10 heavy (non-hydrogen) atoms. The van der Waals surface area contributed by atoms with Crippen molar-refractivity contribution in [2.75, 3.05) is 0 Å². The van der Waals surface area contributed by atoms with Crippen molar-refractivity contribution in [2.45, 2.75) is 5.01 Å². The molecule has 1 unspecified atom stereocenters. The van der Waals surface area contributed by atoms with Gasteiger partial charge in [-0.05, 0) is 6.07 Å². The molecule has 0 aliphatic heterocycles. The molecule has 0 spiro atoms. The lowest BCUT2D eigenvalue weighted by Gasteiger charge is -2.03. The molecule has 1 atom stereocenters. The van der Waals surface area contributed by atoms with E-state index < -0.39 is 5.01 Å². The Bertz CT molecular complexity index is 225. The lowest BCUT2D eigenvalue weighted by atomic mass is 10.2. The molecule has 1 aromatic carbocycles. The molecule has 1 rings (SSSR count). The maximum absolute atomic E-state index is 9.04. The minimum atomic E-state index is -0.666. The second kappa shape index (κ2) is 3.37. The third-order valence-electron chi connectivity index (χ3n) is 1.16. The second-order valence-corrected chi connectivity index (χ2v) is 3.13. The Labute approximate surface area is 72.8 Å². The molecule has 0 aliphatic rings. The maximum Gasteiger partial charge on any atom is 0.135 e. The first-order valence-electron chi connectivity index (χ1n) is 2.78. The minimum absolute atomic E-state index is 0.576. The van der Waals surface area contributed by atoms with E-state index >= 15 is 0 Å². The molecule has 0 heterocycles. The Morgan fingerprint density at radius 3 is 2.40 bits per heavy atom. The molecule has 0 bridgehead atoms. The number of aliphatic hydroxyl groups excluding tert-OH is 1. The first-order valence-corrected chi connectivity index (χ1v) is 4.08. The first kappa shape index (κ1) is 8.05. The fraction of sp³-hybridized carbons (Fsp3) is 0.143. The van der Waals surface area contributed by atoms with Gasteiger partial charge in [0.15, 0.2) is 0 Å². The monoisotopic (exact) mass is 220 g/mol. The van der Waals surface area contributed by atoms with E-state index in [1.165, 1.54) is 0 Å². The molecule has 1 N–H and O–H groups in total. The Balaban J connectivity index is 3.03. The molecule has 0 fully saturated rings. The molecule has 1 aromatic rings. The van der Waals surface area contributed by atoms with Crippen LogP contribution in [-0.4, -0.2) is 5.11 Å². The predicted octanol–water partition coefficient (Wildman–Crippen LogP) is 2.73. The summed E-state index contributed by atoms with van der Waals surface area (Å²) in [5, 5.41) is 8.95. The second-order valence-electron chi connectivity index (χ2n) is 1.86. The Kier molecular flexibility index (Phi) is 2.72. The van der Waals surface area contributed by atoms with Crippen molar-refractivity contribution in [1.82, 2.24) is 0 Å². The SMILES string of the molecule is OC(Br)c1ccccc1Cl. The van der Waals surface area contributed by atoms with Crippen molar-refractivity contribution in [2.24, 2.45) is 0 Å². The van der Waals surface area contributed by atoms with Gasteiger partial charge in [-0.15, -0.1) is 0 Å². The Morgan fingerprint density at radius 1 is 1.40 bits per heavy atom. The highest BCUT2D eigenvalue weighted by atomic mass is 79.9. The molecular formula is C7H6BrClO. The quantitative estimate of drug-likeness (QED) is 0.723. The zero-order valence-corrected chi connectivity index (χ0v) is 7.43. The van der Waals surface area contributed by atoms with Gasteiger partial charge in [0.2, 0.25) is 0 Å². The van der Waals surface area contributed by atoms with Crippen LogP contribution < -0.4 is 0 Å². The van der Waals surface area contributed by atoms with Crippen LogP contribution >= 0.6 is 27.5 Å². The molecule has 0 aliphatic carbocycles. The standard InChI is InChI=1S/C7H6BrClO/c8-7(10)5-3-1-2-4-6(5)9/h1-4,7,10H. The van der Waals surface area contributed by atoms with Crippen molar-refractivity contribution in [3.63, 3.8) is 0 Å². The largest absolute Gasteiger partial charge is 0.377 e. The fourth-order valence-electron chi connectivity index (χ4n) is 0.668. The van der Waals surface area contributed by atoms with E-state index in [0.717, 1.165) is 0 Å². The third kappa shape index (κ3) is 1.72. The molecule has 0 aromatic heterocycles. The van der Waals surface area contributed by atoms with Gasteiger partial charge >= 0.3 is 0 Å². The summed E-state index contributed by atoms with van der Waals surface area (Å²) in [6.07, 6.45) is 0. The summed E-state index contributed by atoms with van der Waals surface area (Å²) in [5.41, 5.74) is 0.698. The summed E-state index contributed by atoms with van der Waals surface area (Å²) in [6, 6.07) is 7.15. The summed E-state index contributed by atoms with van der Waals surface area (Å²) in [4.78, 5) is 0. The van der Waals surface area contributed by atoms with Gasteiger partial charge in [-0.1, -0.05) is 45.7 Å². The average Bonchev–Trinajstić information content (AvgIpc) is 1.88. The summed E-state index contributed by atoms with van der Waals surface area (Å²) in [6.45, 7) is 0. The average molecular weight is 221 g/mol. The van der Waals surface area contributed by atoms with E-state index in [1.54, 1.807) is 12.1 Å². The molecule has 0 saturated heterocycles. The normalized spacial score (nSPS) is 13.1. The van der Waals surface area contributed by atoms with Crippen LogP contribution in [0.15, 0.2) is 24.3 Å². The van der Waals surface area contributed by atoms with Gasteiger partial charge in [0, 0.05) is 10.6 Å². The number of alkyl halides is 1. The number of benzene rings is 1. The van der Waals surface area contributed by atoms with Crippen LogP contribution in [0.5, 0.6) is 0 Å². The summed E-state index contributed by atoms with van der Waals surface area (Å²) in [5.74, 6) is 0. The summed E-state index contributed by atoms with van der Waals surface area (Å²) < 4.78 is 0. The predicted molar refractivity (Wildman–Crippen MR) is 45.3 cm³/mol. The van der Waals surface area contributed by atoms with E-state index in [9.17, 15) is 0 Å². The molecule has 3 heteroatoms. The number of hydrogen-bond acceptors (Lipinski definition) is 1. The van der Waals surface area contributed by atoms with Crippen molar-refractivity contribution in [1.29, 1.82) is 0 Å². The lowest BCUT2D eigenvalue weighted by Crippen LogP contribution is -1.86. The highest BCUT2D eigenvalue weighted by Crippen LogP contribution is 2.25. The van der Waals surface area contributed by atoms with Crippen LogP contribution in [0.3, 0.4) is 0 Å². The van der Waals surface area contributed by atoms with Gasteiger partial charge in [0.1, 0.15) is 5.01 Å². The van der Waals surface area contributed by atoms with E-state index in [4.69, 9.17) is 16.7 Å². The third-order valence-corrected chi connectivity index (χ3v) is 2.00. The molecule has 0 radical (unpaired) electrons. The van der Waals surface area contributed by atoms with Crippen LogP contribution in [0, 0.1) is 0 Å². The molecule has 0 saturated carbocycles. The van der Waals surface area contributed by atoms with Crippen LogP contribution in [-0.2, 0) is 0 Å². The zero-order chi connectivity index (χ0) is 7.56. The molecule has 0 amide bonds. The Morgan fingerprint density at radius 2 is 2.00 bits per heavy atom. The minimum Gasteiger partial charge on any atom is -0.377 e. The number of hydrogen-bond donors (Lipinski definition) is 1. The van der Waals surface area contributed by atoms with Crippen LogP contribution in [0.25, 0.3) is 0 Å². The van der Waals surface area contributed by atoms with Gasteiger partial charge in [-0.25, -0.2) is 0 Å². The summed E-state index contributed by atoms with van der Waals surface area (Å²) >= 11 is 8.73. The maximum atomic E-state index is 9.04. The zero-order valence-electron chi connectivity index (χ0n) is 5.09. The van der Waals surface area contributed by atoms with E-state index in [2.05, 4.69) is 15.9 Å². The van der Waals surface area contributed by atoms with Crippen LogP contribution in [0.4, 0.5) is 0 Å². The van der Waals surface area contributed by atoms with Gasteiger partial charge in [-0.2, -0.15) is 0 Å². The van der Waals surface area contributed by atoms with Gasteiger partial charge in [0.05, 0.1) is 0 Å². The van der Waals surface area contributed by atoms with Gasteiger partial charge in [-0.3, -0.25) is 0 Å². The van der Waals surface area contributed by atoms with Crippen LogP contribution in [0.1, 0.15) is 10.6 Å². The van der Waals surface area contributed by atoms with E-state index in [1.807, 2.05) is 12.1 Å². The Hall–Kier alpha value is -0.0500. The highest BCUT2D eigenvalue weighted by molar-refractivity contribution is 9.09. The highest BCUT2D eigenvalue weighted by Gasteiger charge is 2.04. The number of halogens is 2. The fourth-order valence-corrected chi connectivity index (χ4v) is 1.44. The number of aliphatic hydroxyl groups is 1. The summed E-state index contributed by atoms with van der Waals surface area (Å²) in [7, 11) is 0. The van der Waals surface area contributed by atoms with E-state index in [-0.39, 0.29) is 0 Å². The van der Waals surface area contributed by atoms with Crippen molar-refractivity contribution >= 4 is 27.5 Å². The molecule has 1 nitrogen and oxygen atoms in total. The lowest BCUT2D eigenvalue weighted by molar-refractivity contribution is 0.277. The topological polar surface area (TPSA) is 20.2 Å². The first-order chi connectivity index (χ1) is 4.72. The molecule has 54 valence electrons. The van der Waals surface area contributed by atoms with Crippen molar-refractivity contribution in [3.05, 3.63) is 34.9 Å². The smallest absolute Gasteiger partial charge is 0.135 e. The number of rotatable bonds is 1.